The highest BCUT2D eigenvalue weighted by Crippen LogP contribution is 2.19. The Labute approximate surface area is 127 Å². The van der Waals surface area contributed by atoms with Gasteiger partial charge >= 0.3 is 0 Å². The first-order valence-electron chi connectivity index (χ1n) is 7.52. The molecule has 1 unspecified atom stereocenters. The van der Waals surface area contributed by atoms with E-state index in [0.717, 1.165) is 38.0 Å². The molecular weight excluding hydrogens is 262 g/mol. The van der Waals surface area contributed by atoms with Crippen molar-refractivity contribution in [3.8, 4) is 0 Å². The molecule has 3 N–H and O–H groups in total. The summed E-state index contributed by atoms with van der Waals surface area (Å²) in [6.45, 7) is 8.42. The van der Waals surface area contributed by atoms with Crippen molar-refractivity contribution in [1.29, 1.82) is 0 Å². The average molecular weight is 287 g/mol. The number of amides is 1. The van der Waals surface area contributed by atoms with Gasteiger partial charge in [-0.05, 0) is 25.3 Å². The Bertz CT molecular complexity index is 476. The van der Waals surface area contributed by atoms with Crippen molar-refractivity contribution < 1.29 is 4.79 Å². The summed E-state index contributed by atoms with van der Waals surface area (Å²) in [6, 6.07) is 9.74. The van der Waals surface area contributed by atoms with Crippen molar-refractivity contribution in [2.45, 2.75) is 31.3 Å². The number of carbonyl (C=O) groups excluding carboxylic acids is 1. The highest BCUT2D eigenvalue weighted by Gasteiger charge is 2.32. The Morgan fingerprint density at radius 2 is 2.05 bits per heavy atom. The van der Waals surface area contributed by atoms with E-state index in [1.54, 1.807) is 6.92 Å². The third-order valence-corrected chi connectivity index (χ3v) is 4.16. The third kappa shape index (κ3) is 3.93. The van der Waals surface area contributed by atoms with E-state index in [1.807, 2.05) is 36.4 Å². The van der Waals surface area contributed by atoms with Crippen molar-refractivity contribution in [3.05, 3.63) is 48.6 Å². The minimum atomic E-state index is -0.987. The van der Waals surface area contributed by atoms with Gasteiger partial charge in [0.15, 0.2) is 0 Å². The van der Waals surface area contributed by atoms with E-state index in [9.17, 15) is 4.79 Å². The van der Waals surface area contributed by atoms with E-state index in [2.05, 4.69) is 16.8 Å². The minimum absolute atomic E-state index is 0.101. The Balaban J connectivity index is 1.91. The van der Waals surface area contributed by atoms with Gasteiger partial charge < -0.3 is 11.1 Å². The number of nitrogens with zero attached hydrogens (tertiary/aromatic N) is 1. The minimum Gasteiger partial charge on any atom is -0.351 e. The highest BCUT2D eigenvalue weighted by atomic mass is 16.2. The maximum atomic E-state index is 12.5. The monoisotopic (exact) mass is 287 g/mol. The van der Waals surface area contributed by atoms with Crippen LogP contribution >= 0.6 is 0 Å². The molecule has 0 aromatic heterocycles. The number of hydrogen-bond acceptors (Lipinski definition) is 3. The zero-order valence-electron chi connectivity index (χ0n) is 12.7. The van der Waals surface area contributed by atoms with Gasteiger partial charge in [0.2, 0.25) is 5.91 Å². The third-order valence-electron chi connectivity index (χ3n) is 4.16. The highest BCUT2D eigenvalue weighted by molar-refractivity contribution is 5.87. The topological polar surface area (TPSA) is 58.4 Å². The number of nitrogens with two attached hydrogens (primary N) is 1. The lowest BCUT2D eigenvalue weighted by atomic mass is 9.91. The molecule has 0 aliphatic carbocycles. The van der Waals surface area contributed by atoms with Crippen LogP contribution in [-0.2, 0) is 10.3 Å². The zero-order valence-corrected chi connectivity index (χ0v) is 12.7. The van der Waals surface area contributed by atoms with Gasteiger partial charge in [-0.2, -0.15) is 0 Å². The van der Waals surface area contributed by atoms with Crippen LogP contribution in [0, 0.1) is 0 Å². The van der Waals surface area contributed by atoms with Gasteiger partial charge in [0.25, 0.3) is 0 Å². The Morgan fingerprint density at radius 3 is 2.62 bits per heavy atom. The van der Waals surface area contributed by atoms with Crippen LogP contribution < -0.4 is 11.1 Å². The summed E-state index contributed by atoms with van der Waals surface area (Å²) < 4.78 is 0. The summed E-state index contributed by atoms with van der Waals surface area (Å²) in [5.74, 6) is -0.101. The quantitative estimate of drug-likeness (QED) is 0.809. The van der Waals surface area contributed by atoms with Gasteiger partial charge in [0, 0.05) is 25.7 Å². The molecule has 1 aliphatic rings. The summed E-state index contributed by atoms with van der Waals surface area (Å²) in [5, 5.41) is 3.10. The van der Waals surface area contributed by atoms with Crippen molar-refractivity contribution in [3.63, 3.8) is 0 Å². The lowest BCUT2D eigenvalue weighted by molar-refractivity contribution is -0.127. The van der Waals surface area contributed by atoms with E-state index in [1.165, 1.54) is 0 Å². The molecule has 21 heavy (non-hydrogen) atoms. The van der Waals surface area contributed by atoms with Crippen LogP contribution in [0.4, 0.5) is 0 Å². The smallest absolute Gasteiger partial charge is 0.244 e. The second-order valence-electron chi connectivity index (χ2n) is 5.91. The summed E-state index contributed by atoms with van der Waals surface area (Å²) in [7, 11) is 0. The van der Waals surface area contributed by atoms with Crippen molar-refractivity contribution in [2.24, 2.45) is 5.73 Å². The molecule has 1 saturated heterocycles. The standard InChI is InChI=1S/C17H25N3O/c1-3-11-20-12-9-15(10-13-20)19-16(21)17(2,18)14-7-5-4-6-8-14/h3-8,15H,1,9-13,18H2,2H3,(H,19,21). The molecule has 1 atom stereocenters. The van der Waals surface area contributed by atoms with Crippen LogP contribution in [0.5, 0.6) is 0 Å². The molecule has 1 aliphatic heterocycles. The van der Waals surface area contributed by atoms with Crippen molar-refractivity contribution >= 4 is 5.91 Å². The Hall–Kier alpha value is -1.65. The van der Waals surface area contributed by atoms with E-state index < -0.39 is 5.54 Å². The van der Waals surface area contributed by atoms with Gasteiger partial charge in [0.05, 0.1) is 0 Å². The fraction of sp³-hybridized carbons (Fsp3) is 0.471. The molecule has 0 bridgehead atoms. The molecule has 2 rings (SSSR count). The lowest BCUT2D eigenvalue weighted by Crippen LogP contribution is -2.54. The molecule has 114 valence electrons. The second kappa shape index (κ2) is 6.87. The number of carbonyl (C=O) groups is 1. The predicted octanol–water partition coefficient (Wildman–Crippen LogP) is 1.63. The van der Waals surface area contributed by atoms with Crippen LogP contribution in [0.15, 0.2) is 43.0 Å². The van der Waals surface area contributed by atoms with Crippen LogP contribution in [0.25, 0.3) is 0 Å². The number of nitrogens with one attached hydrogen (secondary N) is 1. The molecule has 0 spiro atoms. The molecule has 1 fully saturated rings. The Morgan fingerprint density at radius 1 is 1.43 bits per heavy atom. The summed E-state index contributed by atoms with van der Waals surface area (Å²) in [6.07, 6.45) is 3.85. The second-order valence-corrected chi connectivity index (χ2v) is 5.91. The fourth-order valence-electron chi connectivity index (χ4n) is 2.69. The molecular formula is C17H25N3O. The first kappa shape index (κ1) is 15.7. The van der Waals surface area contributed by atoms with E-state index in [-0.39, 0.29) is 11.9 Å². The number of benzene rings is 1. The Kier molecular flexibility index (Phi) is 5.15. The van der Waals surface area contributed by atoms with Crippen LogP contribution in [-0.4, -0.2) is 36.5 Å². The van der Waals surface area contributed by atoms with Gasteiger partial charge in [-0.3, -0.25) is 9.69 Å². The van der Waals surface area contributed by atoms with Crippen LogP contribution in [0.1, 0.15) is 25.3 Å². The number of rotatable bonds is 5. The fourth-order valence-corrected chi connectivity index (χ4v) is 2.69. The van der Waals surface area contributed by atoms with Crippen molar-refractivity contribution in [1.82, 2.24) is 10.2 Å². The number of hydrogen-bond donors (Lipinski definition) is 2. The van der Waals surface area contributed by atoms with Crippen molar-refractivity contribution in [2.75, 3.05) is 19.6 Å². The van der Waals surface area contributed by atoms with E-state index in [0.29, 0.717) is 0 Å². The lowest BCUT2D eigenvalue weighted by Gasteiger charge is -2.34. The molecule has 0 radical (unpaired) electrons. The van der Waals surface area contributed by atoms with Gasteiger partial charge in [0.1, 0.15) is 5.54 Å². The van der Waals surface area contributed by atoms with Crippen LogP contribution in [0.3, 0.4) is 0 Å². The molecule has 1 amide bonds. The first-order valence-corrected chi connectivity index (χ1v) is 7.52. The van der Waals surface area contributed by atoms with Gasteiger partial charge in [-0.25, -0.2) is 0 Å². The molecule has 4 heteroatoms. The van der Waals surface area contributed by atoms with Gasteiger partial charge in [-0.1, -0.05) is 36.4 Å². The maximum absolute atomic E-state index is 12.5. The first-order chi connectivity index (χ1) is 10.0. The molecule has 1 heterocycles. The predicted molar refractivity (Wildman–Crippen MR) is 85.8 cm³/mol. The van der Waals surface area contributed by atoms with Gasteiger partial charge in [-0.15, -0.1) is 6.58 Å². The summed E-state index contributed by atoms with van der Waals surface area (Å²) >= 11 is 0. The maximum Gasteiger partial charge on any atom is 0.244 e. The van der Waals surface area contributed by atoms with E-state index >= 15 is 0 Å². The van der Waals surface area contributed by atoms with E-state index in [4.69, 9.17) is 5.73 Å². The molecule has 0 saturated carbocycles. The normalized spacial score (nSPS) is 19.7. The number of likely N-dealkylation sites (tertiary alicyclic amines) is 1. The molecule has 4 nitrogen and oxygen atoms in total. The molecule has 1 aromatic carbocycles. The largest absolute Gasteiger partial charge is 0.351 e. The number of piperidine rings is 1. The summed E-state index contributed by atoms with van der Waals surface area (Å²) in [4.78, 5) is 14.8. The molecule has 1 aromatic rings. The average Bonchev–Trinajstić information content (AvgIpc) is 2.50. The summed E-state index contributed by atoms with van der Waals surface area (Å²) in [5.41, 5.74) is 6.09. The SMILES string of the molecule is C=CCN1CCC(NC(=O)C(C)(N)c2ccccc2)CC1. The van der Waals surface area contributed by atoms with Crippen LogP contribution in [0.2, 0.25) is 0 Å². The zero-order chi connectivity index (χ0) is 15.3.